The predicted octanol–water partition coefficient (Wildman–Crippen LogP) is 5.35. The first-order valence-corrected chi connectivity index (χ1v) is 9.69. The van der Waals surface area contributed by atoms with Gasteiger partial charge in [0.25, 0.3) is 0 Å². The molecule has 0 bridgehead atoms. The summed E-state index contributed by atoms with van der Waals surface area (Å²) in [5.74, 6) is -0.483. The number of hydrogen-bond donors (Lipinski definition) is 1. The van der Waals surface area contributed by atoms with Crippen molar-refractivity contribution in [2.45, 2.75) is 19.4 Å². The maximum Gasteiger partial charge on any atom is 0.226 e. The third-order valence-corrected chi connectivity index (χ3v) is 5.71. The Bertz CT molecular complexity index is 1200. The summed E-state index contributed by atoms with van der Waals surface area (Å²) in [4.78, 5) is 13.8. The zero-order valence-corrected chi connectivity index (χ0v) is 16.3. The molecule has 0 aliphatic carbocycles. The minimum absolute atomic E-state index is 0.107. The average Bonchev–Trinajstić information content (AvgIpc) is 3.06. The first kappa shape index (κ1) is 18.1. The van der Waals surface area contributed by atoms with Crippen molar-refractivity contribution in [1.29, 1.82) is 0 Å². The smallest absolute Gasteiger partial charge is 0.226 e. The van der Waals surface area contributed by atoms with Crippen LogP contribution in [-0.4, -0.2) is 21.5 Å². The number of hydrogen-bond acceptors (Lipinski definition) is 3. The van der Waals surface area contributed by atoms with Crippen LogP contribution in [0, 0.1) is 18.6 Å². The van der Waals surface area contributed by atoms with Gasteiger partial charge < -0.3 is 9.88 Å². The van der Waals surface area contributed by atoms with E-state index in [1.807, 2.05) is 24.0 Å². The molecule has 1 unspecified atom stereocenters. The van der Waals surface area contributed by atoms with Crippen molar-refractivity contribution >= 4 is 28.5 Å². The lowest BCUT2D eigenvalue weighted by atomic mass is 9.92. The molecule has 1 atom stereocenters. The number of H-pyrrole nitrogens is 1. The van der Waals surface area contributed by atoms with Crippen LogP contribution in [0.1, 0.15) is 28.4 Å². The van der Waals surface area contributed by atoms with Crippen LogP contribution in [0.25, 0.3) is 10.9 Å². The summed E-state index contributed by atoms with van der Waals surface area (Å²) in [5, 5.41) is 1.03. The summed E-state index contributed by atoms with van der Waals surface area (Å²) >= 11 is 6.04. The molecule has 5 rings (SSSR count). The van der Waals surface area contributed by atoms with Crippen LogP contribution in [0.3, 0.4) is 0 Å². The minimum Gasteiger partial charge on any atom is -0.356 e. The van der Waals surface area contributed by atoms with Gasteiger partial charge in [-0.25, -0.2) is 18.7 Å². The van der Waals surface area contributed by atoms with Crippen LogP contribution in [0.15, 0.2) is 48.8 Å². The second-order valence-corrected chi connectivity index (χ2v) is 7.69. The van der Waals surface area contributed by atoms with E-state index in [9.17, 15) is 8.78 Å². The molecule has 1 aliphatic rings. The maximum atomic E-state index is 14.0. The van der Waals surface area contributed by atoms with Crippen LogP contribution in [-0.2, 0) is 6.42 Å². The normalized spacial score (nSPS) is 16.3. The molecule has 0 spiro atoms. The monoisotopic (exact) mass is 410 g/mol. The molecule has 146 valence electrons. The van der Waals surface area contributed by atoms with Gasteiger partial charge in [0, 0.05) is 23.1 Å². The van der Waals surface area contributed by atoms with E-state index in [0.717, 1.165) is 27.8 Å². The Balaban J connectivity index is 1.71. The third kappa shape index (κ3) is 3.04. The molecule has 3 heterocycles. The van der Waals surface area contributed by atoms with E-state index in [2.05, 4.69) is 27.1 Å². The van der Waals surface area contributed by atoms with Gasteiger partial charge in [-0.15, -0.1) is 0 Å². The Morgan fingerprint density at radius 2 is 1.83 bits per heavy atom. The number of rotatable bonds is 2. The molecule has 4 nitrogen and oxygen atoms in total. The molecular weight excluding hydrogens is 394 g/mol. The molecule has 2 aromatic carbocycles. The van der Waals surface area contributed by atoms with E-state index in [0.29, 0.717) is 24.4 Å². The van der Waals surface area contributed by atoms with E-state index in [1.165, 1.54) is 18.5 Å². The van der Waals surface area contributed by atoms with Crippen molar-refractivity contribution in [2.24, 2.45) is 0 Å². The number of halogens is 3. The second-order valence-electron chi connectivity index (χ2n) is 7.29. The van der Waals surface area contributed by atoms with Crippen LogP contribution in [0.2, 0.25) is 5.02 Å². The number of aromatic nitrogens is 3. The van der Waals surface area contributed by atoms with Crippen LogP contribution in [0.5, 0.6) is 0 Å². The highest BCUT2D eigenvalue weighted by Gasteiger charge is 2.33. The Kier molecular flexibility index (Phi) is 4.24. The molecule has 0 radical (unpaired) electrons. The fraction of sp³-hybridized carbons (Fsp3) is 0.182. The van der Waals surface area contributed by atoms with Gasteiger partial charge in [0.15, 0.2) is 5.82 Å². The number of aryl methyl sites for hydroxylation is 1. The molecule has 0 amide bonds. The Labute approximate surface area is 171 Å². The van der Waals surface area contributed by atoms with Gasteiger partial charge in [-0.2, -0.15) is 0 Å². The summed E-state index contributed by atoms with van der Waals surface area (Å²) < 4.78 is 27.4. The van der Waals surface area contributed by atoms with Gasteiger partial charge >= 0.3 is 0 Å². The molecule has 1 N–H and O–H groups in total. The standard InChI is InChI=1S/C22H17ClF2N4/c1-12-2-4-13(5-3-12)21-20-15(16-8-17(23)18(25)9-19(16)28-20)6-7-29(21)22-26-10-14(24)11-27-22/h2-5,8-11,21,28H,6-7H2,1H3. The Morgan fingerprint density at radius 1 is 1.10 bits per heavy atom. The molecule has 0 fully saturated rings. The van der Waals surface area contributed by atoms with Crippen LogP contribution < -0.4 is 4.90 Å². The molecule has 29 heavy (non-hydrogen) atoms. The second kappa shape index (κ2) is 6.81. The highest BCUT2D eigenvalue weighted by Crippen LogP contribution is 2.40. The number of nitrogens with zero attached hydrogens (tertiary/aromatic N) is 3. The van der Waals surface area contributed by atoms with Crippen molar-refractivity contribution in [3.63, 3.8) is 0 Å². The average molecular weight is 411 g/mol. The summed E-state index contributed by atoms with van der Waals surface area (Å²) in [5.41, 5.74) is 4.95. The summed E-state index contributed by atoms with van der Waals surface area (Å²) in [6.07, 6.45) is 3.05. The first-order valence-electron chi connectivity index (χ1n) is 9.31. The largest absolute Gasteiger partial charge is 0.356 e. The zero-order chi connectivity index (χ0) is 20.1. The number of benzene rings is 2. The van der Waals surface area contributed by atoms with Crippen molar-refractivity contribution in [2.75, 3.05) is 11.4 Å². The van der Waals surface area contributed by atoms with Gasteiger partial charge in [-0.05, 0) is 36.6 Å². The highest BCUT2D eigenvalue weighted by atomic mass is 35.5. The van der Waals surface area contributed by atoms with Gasteiger partial charge in [0.05, 0.1) is 23.5 Å². The maximum absolute atomic E-state index is 14.0. The van der Waals surface area contributed by atoms with E-state index in [1.54, 1.807) is 6.07 Å². The lowest BCUT2D eigenvalue weighted by Crippen LogP contribution is -2.37. The molecule has 0 saturated heterocycles. The third-order valence-electron chi connectivity index (χ3n) is 5.42. The van der Waals surface area contributed by atoms with Gasteiger partial charge in [-0.1, -0.05) is 41.4 Å². The Morgan fingerprint density at radius 3 is 2.55 bits per heavy atom. The fourth-order valence-corrected chi connectivity index (χ4v) is 4.21. The molecule has 0 saturated carbocycles. The number of nitrogens with one attached hydrogen (secondary N) is 1. The molecule has 2 aromatic heterocycles. The zero-order valence-electron chi connectivity index (χ0n) is 15.6. The van der Waals surface area contributed by atoms with Gasteiger partial charge in [0.2, 0.25) is 5.95 Å². The topological polar surface area (TPSA) is 44.8 Å². The van der Waals surface area contributed by atoms with Crippen molar-refractivity contribution in [1.82, 2.24) is 15.0 Å². The molecular formula is C22H17ClF2N4. The quantitative estimate of drug-likeness (QED) is 0.484. The highest BCUT2D eigenvalue weighted by molar-refractivity contribution is 6.31. The van der Waals surface area contributed by atoms with E-state index in [-0.39, 0.29) is 11.1 Å². The van der Waals surface area contributed by atoms with Gasteiger partial charge in [0.1, 0.15) is 5.82 Å². The summed E-state index contributed by atoms with van der Waals surface area (Å²) in [6, 6.07) is 11.1. The first-order chi connectivity index (χ1) is 14.0. The number of aromatic amines is 1. The SMILES string of the molecule is Cc1ccc(C2c3[nH]c4cc(F)c(Cl)cc4c3CCN2c2ncc(F)cn2)cc1. The molecule has 1 aliphatic heterocycles. The van der Waals surface area contributed by atoms with Crippen molar-refractivity contribution in [3.8, 4) is 0 Å². The fourth-order valence-electron chi connectivity index (χ4n) is 4.05. The van der Waals surface area contributed by atoms with E-state index in [4.69, 9.17) is 11.6 Å². The Hall–Kier alpha value is -2.99. The minimum atomic E-state index is -0.478. The summed E-state index contributed by atoms with van der Waals surface area (Å²) in [7, 11) is 0. The lowest BCUT2D eigenvalue weighted by Gasteiger charge is -2.36. The molecule has 7 heteroatoms. The number of anilines is 1. The van der Waals surface area contributed by atoms with Crippen LogP contribution in [0.4, 0.5) is 14.7 Å². The predicted molar refractivity (Wildman–Crippen MR) is 109 cm³/mol. The van der Waals surface area contributed by atoms with Gasteiger partial charge in [-0.3, -0.25) is 0 Å². The summed E-state index contributed by atoms with van der Waals surface area (Å²) in [6.45, 7) is 2.67. The molecule has 4 aromatic rings. The number of fused-ring (bicyclic) bond motifs is 3. The lowest BCUT2D eigenvalue weighted by molar-refractivity contribution is 0.596. The van der Waals surface area contributed by atoms with E-state index < -0.39 is 11.6 Å². The van der Waals surface area contributed by atoms with E-state index >= 15 is 0 Å². The van der Waals surface area contributed by atoms with Crippen molar-refractivity contribution in [3.05, 3.63) is 87.8 Å². The van der Waals surface area contributed by atoms with Crippen molar-refractivity contribution < 1.29 is 8.78 Å². The van der Waals surface area contributed by atoms with Crippen LogP contribution >= 0.6 is 11.6 Å².